The number of rotatable bonds is 13. The van der Waals surface area contributed by atoms with E-state index in [4.69, 9.17) is 21.1 Å². The van der Waals surface area contributed by atoms with E-state index in [0.717, 1.165) is 80.6 Å². The van der Waals surface area contributed by atoms with Gasteiger partial charge in [-0.3, -0.25) is 19.8 Å². The van der Waals surface area contributed by atoms with Crippen LogP contribution in [0.15, 0.2) is 155 Å². The van der Waals surface area contributed by atoms with Gasteiger partial charge in [0.2, 0.25) is 5.78 Å². The summed E-state index contributed by atoms with van der Waals surface area (Å²) in [6.45, 7) is 10.1. The van der Waals surface area contributed by atoms with Crippen LogP contribution in [-0.4, -0.2) is 74.0 Å². The number of hydrazone groups is 1. The Morgan fingerprint density at radius 1 is 0.616 bits per heavy atom. The van der Waals surface area contributed by atoms with Crippen LogP contribution in [0.3, 0.4) is 0 Å². The van der Waals surface area contributed by atoms with Crippen LogP contribution in [0, 0.1) is 13.8 Å². The predicted octanol–water partition coefficient (Wildman–Crippen LogP) is 9.13. The minimum Gasteiger partial charge on any atom is -0.497 e. The van der Waals surface area contributed by atoms with Gasteiger partial charge in [0.25, 0.3) is 5.56 Å². The van der Waals surface area contributed by atoms with E-state index in [1.807, 2.05) is 123 Å². The molecule has 6 aromatic carbocycles. The first-order valence-corrected chi connectivity index (χ1v) is 23.8. The number of ketones is 1. The van der Waals surface area contributed by atoms with Crippen LogP contribution in [0.2, 0.25) is 0 Å². The molecule has 0 saturated carbocycles. The van der Waals surface area contributed by atoms with Crippen molar-refractivity contribution in [2.24, 2.45) is 16.7 Å². The lowest BCUT2D eigenvalue weighted by atomic mass is 10.1. The normalized spacial score (nSPS) is 10.5. The van der Waals surface area contributed by atoms with Crippen LogP contribution in [0.1, 0.15) is 65.7 Å². The molecule has 3 heterocycles. The molecule has 0 aliphatic heterocycles. The fourth-order valence-corrected chi connectivity index (χ4v) is 7.01. The van der Waals surface area contributed by atoms with E-state index in [1.165, 1.54) is 16.7 Å². The Balaban J connectivity index is 0.000000179. The second-order valence-electron chi connectivity index (χ2n) is 16.3. The van der Waals surface area contributed by atoms with Crippen LogP contribution in [-0.2, 0) is 46.4 Å². The first kappa shape index (κ1) is 55.0. The number of carbonyl (C=O) groups excluding carboxylic acids is 2. The molecule has 0 spiro atoms. The Labute approximate surface area is 425 Å². The highest BCUT2D eigenvalue weighted by molar-refractivity contribution is 6.34. The molecule has 0 radical (unpaired) electrons. The average molecular weight is 985 g/mol. The van der Waals surface area contributed by atoms with Gasteiger partial charge in [-0.05, 0) is 123 Å². The number of nitrogens with zero attached hydrogens (tertiary/aromatic N) is 5. The third-order valence-corrected chi connectivity index (χ3v) is 11.3. The van der Waals surface area contributed by atoms with Crippen molar-refractivity contribution < 1.29 is 23.8 Å². The Bertz CT molecular complexity index is 3110. The highest BCUT2D eigenvalue weighted by Crippen LogP contribution is 2.22. The lowest BCUT2D eigenvalue weighted by Crippen LogP contribution is -2.19. The largest absolute Gasteiger partial charge is 0.497 e. The third-order valence-electron chi connectivity index (χ3n) is 11.3. The van der Waals surface area contributed by atoms with Crippen molar-refractivity contribution in [1.29, 1.82) is 0 Å². The summed E-state index contributed by atoms with van der Waals surface area (Å²) in [5.74, 6) is 6.50. The molecule has 0 unspecified atom stereocenters. The molecule has 0 atom stereocenters. The number of aryl methyl sites for hydroxylation is 6. The zero-order valence-corrected chi connectivity index (χ0v) is 42.4. The number of carbonyl (C=O) groups is 2. The number of esters is 1. The van der Waals surface area contributed by atoms with Gasteiger partial charge in [0.05, 0.1) is 31.9 Å². The van der Waals surface area contributed by atoms with Gasteiger partial charge in [-0.25, -0.2) is 4.79 Å². The maximum absolute atomic E-state index is 12.3. The summed E-state index contributed by atoms with van der Waals surface area (Å²) in [6, 6.07) is 46.8. The number of nitrogens with two attached hydrogens (primary N) is 2. The fraction of sp³-hybridized carbons (Fsp3) is 0.228. The van der Waals surface area contributed by atoms with Gasteiger partial charge in [-0.2, -0.15) is 15.3 Å². The number of nitrogens with one attached hydrogen (secondary N) is 3. The van der Waals surface area contributed by atoms with Crippen molar-refractivity contribution >= 4 is 39.4 Å². The van der Waals surface area contributed by atoms with Crippen LogP contribution in [0.4, 0.5) is 0 Å². The van der Waals surface area contributed by atoms with Gasteiger partial charge in [0, 0.05) is 46.1 Å². The number of ether oxygens (including phenoxy) is 3. The number of amidine groups is 1. The SMILES string of the molecule is CCOC(=O)C(=O)Cc1ccccc1.CCc1ccc(OC)cc1.CCc1ccc(OC)cc1.Cc1[nH]nc2ccc(-c3nnc(CCc4ccccc4)c(=O)[nH]3)cc12.Cc1[nH]nc2ccc(C(N)=NN)cc12. The summed E-state index contributed by atoms with van der Waals surface area (Å²) in [5.41, 5.74) is 16.0. The molecular formula is C57H64N10O6. The number of methoxy groups -OCH3 is 2. The average Bonchev–Trinajstić information content (AvgIpc) is 4.01. The number of benzene rings is 6. The summed E-state index contributed by atoms with van der Waals surface area (Å²) in [6.07, 6.45) is 3.61. The van der Waals surface area contributed by atoms with E-state index in [1.54, 1.807) is 33.3 Å². The van der Waals surface area contributed by atoms with Crippen molar-refractivity contribution in [2.75, 3.05) is 20.8 Å². The molecule has 16 heteroatoms. The molecule has 7 N–H and O–H groups in total. The molecule has 16 nitrogen and oxygen atoms in total. The summed E-state index contributed by atoms with van der Waals surface area (Å²) < 4.78 is 14.6. The third kappa shape index (κ3) is 16.9. The second kappa shape index (κ2) is 28.7. The number of hydrogen-bond donors (Lipinski definition) is 5. The molecule has 378 valence electrons. The van der Waals surface area contributed by atoms with Gasteiger partial charge in [-0.1, -0.05) is 98.8 Å². The first-order valence-electron chi connectivity index (χ1n) is 23.8. The van der Waals surface area contributed by atoms with E-state index in [2.05, 4.69) is 83.5 Å². The quantitative estimate of drug-likeness (QED) is 0.0181. The molecular weight excluding hydrogens is 921 g/mol. The van der Waals surface area contributed by atoms with Crippen LogP contribution in [0.5, 0.6) is 11.5 Å². The lowest BCUT2D eigenvalue weighted by Gasteiger charge is -2.03. The highest BCUT2D eigenvalue weighted by atomic mass is 16.5. The monoisotopic (exact) mass is 985 g/mol. The smallest absolute Gasteiger partial charge is 0.374 e. The summed E-state index contributed by atoms with van der Waals surface area (Å²) >= 11 is 0. The van der Waals surface area contributed by atoms with E-state index < -0.39 is 11.8 Å². The molecule has 9 rings (SSSR count). The zero-order valence-electron chi connectivity index (χ0n) is 42.4. The van der Waals surface area contributed by atoms with Gasteiger partial charge < -0.3 is 30.8 Å². The van der Waals surface area contributed by atoms with Gasteiger partial charge in [0.15, 0.2) is 5.82 Å². The number of aromatic amines is 3. The minimum atomic E-state index is -0.753. The Kier molecular flexibility index (Phi) is 21.6. The Morgan fingerprint density at radius 3 is 1.63 bits per heavy atom. The summed E-state index contributed by atoms with van der Waals surface area (Å²) in [7, 11) is 3.36. The maximum Gasteiger partial charge on any atom is 0.374 e. The minimum absolute atomic E-state index is 0.111. The van der Waals surface area contributed by atoms with E-state index in [-0.39, 0.29) is 18.6 Å². The van der Waals surface area contributed by atoms with Crippen LogP contribution < -0.4 is 26.6 Å². The highest BCUT2D eigenvalue weighted by Gasteiger charge is 2.15. The topological polar surface area (TPSA) is 242 Å². The molecule has 0 saturated heterocycles. The van der Waals surface area contributed by atoms with E-state index in [9.17, 15) is 14.4 Å². The Hall–Kier alpha value is -8.92. The number of aromatic nitrogens is 7. The summed E-state index contributed by atoms with van der Waals surface area (Å²) in [4.78, 5) is 37.4. The van der Waals surface area contributed by atoms with Crippen molar-refractivity contribution in [2.45, 2.75) is 66.7 Å². The van der Waals surface area contributed by atoms with E-state index >= 15 is 0 Å². The molecule has 0 aliphatic rings. The zero-order chi connectivity index (χ0) is 52.5. The van der Waals surface area contributed by atoms with E-state index in [0.29, 0.717) is 23.8 Å². The molecule has 9 aromatic rings. The standard InChI is InChI=1S/C19H17N5O.C11H12O3.C9H11N5.2C9H12O/c1-12-15-11-14(8-10-16(15)22-21-12)18-20-19(25)17(23-24-18)9-7-13-5-3-2-4-6-13;1-2-14-11(13)10(12)8-9-6-4-3-5-7-9;1-5-7-4-6(9(10)12-11)2-3-8(7)14-13-5;2*1-3-8-4-6-9(10-2)7-5-8/h2-6,8,10-11H,7,9H2,1H3,(H,21,22)(H,20,24,25);3-7H,2,8H2,1H3;2-4H,11H2,1H3,(H2,10,12)(H,13,14);2*4-7H,3H2,1-2H3. The van der Waals surface area contributed by atoms with Crippen molar-refractivity contribution in [3.63, 3.8) is 0 Å². The number of Topliss-reactive ketones (excluding diaryl/α,β-unsaturated/α-hetero) is 1. The molecule has 73 heavy (non-hydrogen) atoms. The van der Waals surface area contributed by atoms with Crippen molar-refractivity contribution in [1.82, 2.24) is 35.6 Å². The first-order chi connectivity index (χ1) is 35.4. The molecule has 0 aliphatic carbocycles. The molecule has 0 fully saturated rings. The molecule has 3 aromatic heterocycles. The number of H-pyrrole nitrogens is 3. The van der Waals surface area contributed by atoms with Crippen LogP contribution >= 0.6 is 0 Å². The predicted molar refractivity (Wildman–Crippen MR) is 289 cm³/mol. The second-order valence-corrected chi connectivity index (χ2v) is 16.3. The lowest BCUT2D eigenvalue weighted by molar-refractivity contribution is -0.153. The van der Waals surface area contributed by atoms with Crippen molar-refractivity contribution in [3.05, 3.63) is 201 Å². The van der Waals surface area contributed by atoms with Crippen molar-refractivity contribution in [3.8, 4) is 22.9 Å². The van der Waals surface area contributed by atoms with Gasteiger partial charge in [0.1, 0.15) is 23.0 Å². The van der Waals surface area contributed by atoms with Gasteiger partial charge >= 0.3 is 5.97 Å². The number of hydrogen-bond acceptors (Lipinski definition) is 12. The summed E-state index contributed by atoms with van der Waals surface area (Å²) in [5, 5.41) is 28.0. The Morgan fingerprint density at radius 2 is 1.14 bits per heavy atom. The number of fused-ring (bicyclic) bond motifs is 2. The maximum atomic E-state index is 12.3. The van der Waals surface area contributed by atoms with Gasteiger partial charge in [-0.15, -0.1) is 10.2 Å². The molecule has 0 amide bonds. The molecule has 0 bridgehead atoms. The van der Waals surface area contributed by atoms with Crippen LogP contribution in [0.25, 0.3) is 33.2 Å². The fourth-order valence-electron chi connectivity index (χ4n) is 7.01.